The summed E-state index contributed by atoms with van der Waals surface area (Å²) in [6.07, 6.45) is 3.80. The molecule has 1 fully saturated rings. The van der Waals surface area contributed by atoms with Crippen molar-refractivity contribution < 1.29 is 23.6 Å². The van der Waals surface area contributed by atoms with E-state index < -0.39 is 7.82 Å². The maximum Gasteiger partial charge on any atom is 0.527 e. The van der Waals surface area contributed by atoms with Crippen molar-refractivity contribution in [2.24, 2.45) is 11.8 Å². The molecule has 0 spiro atoms. The monoisotopic (exact) mass is 439 g/mol. The molecule has 1 aromatic carbocycles. The zero-order valence-electron chi connectivity index (χ0n) is 15.1. The number of aromatic nitrogens is 4. The van der Waals surface area contributed by atoms with Gasteiger partial charge in [-0.2, -0.15) is 4.98 Å². The molecule has 2 aromatic heterocycles. The molecule has 4 N–H and O–H groups in total. The van der Waals surface area contributed by atoms with Crippen molar-refractivity contribution in [3.8, 4) is 5.75 Å². The van der Waals surface area contributed by atoms with Gasteiger partial charge in [0.25, 0.3) is 0 Å². The smallest absolute Gasteiger partial charge is 0.404 e. The first-order chi connectivity index (χ1) is 13.9. The lowest BCUT2D eigenvalue weighted by molar-refractivity contribution is -0.00476. The summed E-state index contributed by atoms with van der Waals surface area (Å²) < 4.78 is 24.4. The third-order valence-electron chi connectivity index (χ3n) is 5.03. The number of hydrogen-bond donors (Lipinski definition) is 3. The van der Waals surface area contributed by atoms with Gasteiger partial charge in [0.15, 0.2) is 5.65 Å². The summed E-state index contributed by atoms with van der Waals surface area (Å²) in [4.78, 5) is 22.4. The Morgan fingerprint density at radius 3 is 2.79 bits per heavy atom. The van der Waals surface area contributed by atoms with Gasteiger partial charge in [-0.15, -0.1) is 0 Å². The molecule has 10 nitrogen and oxygen atoms in total. The second kappa shape index (κ2) is 7.89. The highest BCUT2D eigenvalue weighted by Gasteiger charge is 2.44. The van der Waals surface area contributed by atoms with E-state index in [0.29, 0.717) is 22.6 Å². The van der Waals surface area contributed by atoms with Gasteiger partial charge in [-0.05, 0) is 36.6 Å². The summed E-state index contributed by atoms with van der Waals surface area (Å²) >= 11 is 5.79. The second-order valence-electron chi connectivity index (χ2n) is 6.81. The highest BCUT2D eigenvalue weighted by Crippen LogP contribution is 2.50. The maximum absolute atomic E-state index is 12.3. The van der Waals surface area contributed by atoms with Crippen LogP contribution < -0.4 is 10.3 Å². The number of nitrogens with zero attached hydrogens (tertiary/aromatic N) is 4. The van der Waals surface area contributed by atoms with Crippen molar-refractivity contribution in [1.29, 1.82) is 0 Å². The number of fused-ring (bicyclic) bond motifs is 1. The van der Waals surface area contributed by atoms with Gasteiger partial charge in [-0.25, -0.2) is 14.5 Å². The van der Waals surface area contributed by atoms with Gasteiger partial charge in [-0.3, -0.25) is 9.42 Å². The fourth-order valence-corrected chi connectivity index (χ4v) is 4.40. The van der Waals surface area contributed by atoms with Crippen LogP contribution in [-0.4, -0.2) is 42.7 Å². The van der Waals surface area contributed by atoms with Gasteiger partial charge in [0.2, 0.25) is 5.95 Å². The number of phosphoric acid groups is 1. The van der Waals surface area contributed by atoms with Gasteiger partial charge in [0.05, 0.1) is 19.1 Å². The Kier molecular flexibility index (Phi) is 5.46. The molecule has 3 aromatic rings. The maximum atomic E-state index is 12.3. The van der Waals surface area contributed by atoms with E-state index >= 15 is 0 Å². The number of hydrogen-bond acceptors (Lipinski definition) is 8. The first-order valence-electron chi connectivity index (χ1n) is 8.84. The quantitative estimate of drug-likeness (QED) is 0.472. The number of anilines is 1. The molecule has 1 aliphatic rings. The standard InChI is InChI=1S/C17H19ClN5O5P/c18-11-1-3-12(4-2-11)28-29(25,26)27-8-13-10(7-24)5-15(13)23-9-21-14-6-20-17(19)22-16(14)23/h1-4,6,9-10,13,15,24H,5,7-8H2,(H,25,26)(H2,19,20,22). The van der Waals surface area contributed by atoms with Crippen molar-refractivity contribution >= 4 is 36.5 Å². The van der Waals surface area contributed by atoms with Crippen LogP contribution in [0, 0.1) is 11.8 Å². The molecule has 2 heterocycles. The topological polar surface area (TPSA) is 146 Å². The molecule has 12 heteroatoms. The van der Waals surface area contributed by atoms with E-state index in [2.05, 4.69) is 15.0 Å². The van der Waals surface area contributed by atoms with Gasteiger partial charge in [0, 0.05) is 23.6 Å². The summed E-state index contributed by atoms with van der Waals surface area (Å²) in [5, 5.41) is 10.1. The molecule has 154 valence electrons. The number of imidazole rings is 1. The summed E-state index contributed by atoms with van der Waals surface area (Å²) in [7, 11) is -4.35. The largest absolute Gasteiger partial charge is 0.527 e. The SMILES string of the molecule is Nc1ncc2ncn(C3CC(CO)C3COP(=O)(O)Oc3ccc(Cl)cc3)c2n1. The molecule has 4 unspecified atom stereocenters. The number of aliphatic hydroxyl groups excluding tert-OH is 1. The molecule has 0 bridgehead atoms. The molecule has 4 atom stereocenters. The Morgan fingerprint density at radius 2 is 2.07 bits per heavy atom. The first kappa shape index (κ1) is 20.1. The lowest BCUT2D eigenvalue weighted by atomic mass is 9.70. The Hall–Kier alpha value is -2.23. The lowest BCUT2D eigenvalue weighted by Gasteiger charge is -2.44. The average Bonchev–Trinajstić information content (AvgIpc) is 3.06. The lowest BCUT2D eigenvalue weighted by Crippen LogP contribution is -2.43. The van der Waals surface area contributed by atoms with Gasteiger partial charge in [-0.1, -0.05) is 11.6 Å². The molecular weight excluding hydrogens is 421 g/mol. The van der Waals surface area contributed by atoms with Crippen molar-refractivity contribution in [2.45, 2.75) is 12.5 Å². The van der Waals surface area contributed by atoms with Gasteiger partial charge < -0.3 is 19.9 Å². The van der Waals surface area contributed by atoms with Crippen LogP contribution in [0.2, 0.25) is 5.02 Å². The van der Waals surface area contributed by atoms with Crippen LogP contribution >= 0.6 is 19.4 Å². The second-order valence-corrected chi connectivity index (χ2v) is 8.62. The van der Waals surface area contributed by atoms with Gasteiger partial charge in [0.1, 0.15) is 11.3 Å². The summed E-state index contributed by atoms with van der Waals surface area (Å²) in [6, 6.07) is 5.90. The number of nitrogen functional groups attached to an aromatic ring is 1. The molecule has 4 rings (SSSR count). The average molecular weight is 440 g/mol. The van der Waals surface area contributed by atoms with Crippen LogP contribution in [0.25, 0.3) is 11.2 Å². The van der Waals surface area contributed by atoms with Crippen molar-refractivity contribution in [1.82, 2.24) is 19.5 Å². The highest BCUT2D eigenvalue weighted by molar-refractivity contribution is 7.47. The minimum Gasteiger partial charge on any atom is -0.404 e. The predicted octanol–water partition coefficient (Wildman–Crippen LogP) is 2.43. The molecule has 1 aliphatic carbocycles. The van der Waals surface area contributed by atoms with E-state index in [9.17, 15) is 14.6 Å². The number of halogens is 1. The number of nitrogens with two attached hydrogens (primary N) is 1. The van der Waals surface area contributed by atoms with Crippen LogP contribution in [0.15, 0.2) is 36.8 Å². The van der Waals surface area contributed by atoms with Gasteiger partial charge >= 0.3 is 7.82 Å². The van der Waals surface area contributed by atoms with Crippen LogP contribution in [-0.2, 0) is 9.09 Å². The van der Waals surface area contributed by atoms with Crippen LogP contribution in [0.4, 0.5) is 5.95 Å². The summed E-state index contributed by atoms with van der Waals surface area (Å²) in [6.45, 7) is -0.153. The molecule has 1 saturated carbocycles. The number of benzene rings is 1. The van der Waals surface area contributed by atoms with Crippen molar-refractivity contribution in [3.05, 3.63) is 41.8 Å². The molecule has 0 aliphatic heterocycles. The fraction of sp³-hybridized carbons (Fsp3) is 0.353. The summed E-state index contributed by atoms with van der Waals surface area (Å²) in [5.74, 6) is -0.0340. The minimum absolute atomic E-state index is 0.0674. The molecule has 0 saturated heterocycles. The van der Waals surface area contributed by atoms with Crippen molar-refractivity contribution in [2.75, 3.05) is 18.9 Å². The van der Waals surface area contributed by atoms with Crippen LogP contribution in [0.3, 0.4) is 0 Å². The van der Waals surface area contributed by atoms with Crippen molar-refractivity contribution in [3.63, 3.8) is 0 Å². The molecule has 0 radical (unpaired) electrons. The van der Waals surface area contributed by atoms with Crippen LogP contribution in [0.5, 0.6) is 5.75 Å². The van der Waals surface area contributed by atoms with E-state index in [0.717, 1.165) is 0 Å². The minimum atomic E-state index is -4.35. The van der Waals surface area contributed by atoms with E-state index in [-0.39, 0.29) is 42.8 Å². The predicted molar refractivity (Wildman–Crippen MR) is 105 cm³/mol. The summed E-state index contributed by atoms with van der Waals surface area (Å²) in [5.41, 5.74) is 6.83. The highest BCUT2D eigenvalue weighted by atomic mass is 35.5. The normalized spacial score (nSPS) is 23.5. The van der Waals surface area contributed by atoms with E-state index in [1.165, 1.54) is 18.3 Å². The Bertz CT molecular complexity index is 1060. The number of aliphatic hydroxyl groups is 1. The zero-order valence-corrected chi connectivity index (χ0v) is 16.8. The number of phosphoric ester groups is 1. The Morgan fingerprint density at radius 1 is 1.31 bits per heavy atom. The third kappa shape index (κ3) is 4.22. The molecule has 0 amide bonds. The molecule has 29 heavy (non-hydrogen) atoms. The van der Waals surface area contributed by atoms with E-state index in [1.54, 1.807) is 18.5 Å². The number of rotatable bonds is 7. The zero-order chi connectivity index (χ0) is 20.6. The van der Waals surface area contributed by atoms with E-state index in [4.69, 9.17) is 26.4 Å². The fourth-order valence-electron chi connectivity index (χ4n) is 3.47. The third-order valence-corrected chi connectivity index (χ3v) is 6.20. The Labute approximate surface area is 170 Å². The van der Waals surface area contributed by atoms with Crippen LogP contribution in [0.1, 0.15) is 12.5 Å². The molecular formula is C17H19ClN5O5P. The van der Waals surface area contributed by atoms with E-state index in [1.807, 2.05) is 4.57 Å². The Balaban J connectivity index is 1.47. The first-order valence-corrected chi connectivity index (χ1v) is 10.7.